The normalized spacial score (nSPS) is 12.7. The summed E-state index contributed by atoms with van der Waals surface area (Å²) in [6, 6.07) is 11.6. The summed E-state index contributed by atoms with van der Waals surface area (Å²) in [5, 5.41) is 29.4. The summed E-state index contributed by atoms with van der Waals surface area (Å²) in [4.78, 5) is -1.18. The van der Waals surface area contributed by atoms with E-state index in [1.165, 1.54) is 36.4 Å². The Morgan fingerprint density at radius 3 is 2.06 bits per heavy atom. The van der Waals surface area contributed by atoms with E-state index >= 15 is 0 Å². The molecule has 0 aromatic heterocycles. The second-order valence-corrected chi connectivity index (χ2v) is 9.86. The number of nitrogen functional groups attached to an aromatic ring is 1. The van der Waals surface area contributed by atoms with Crippen LogP contribution in [0.3, 0.4) is 0 Å². The third-order valence-electron chi connectivity index (χ3n) is 4.81. The summed E-state index contributed by atoms with van der Waals surface area (Å²) in [5.74, 6) is -1.03. The number of benzene rings is 4. The summed E-state index contributed by atoms with van der Waals surface area (Å²) in [5.41, 5.74) is 5.60. The minimum Gasteiger partial charge on any atom is -0.507 e. The van der Waals surface area contributed by atoms with Gasteiger partial charge in [-0.25, -0.2) is 0 Å². The van der Waals surface area contributed by atoms with Gasteiger partial charge in [0, 0.05) is 22.5 Å². The SMILES string of the molecule is Nc1ccc2cc(S(=O)(=O)O)c(N=Nc3ccc4cc(S(=O)(=O)O)cc(O)c4c3)c(O)c2c1. The summed E-state index contributed by atoms with van der Waals surface area (Å²) in [6.45, 7) is 0. The molecule has 0 aliphatic carbocycles. The monoisotopic (exact) mass is 489 g/mol. The lowest BCUT2D eigenvalue weighted by atomic mass is 10.1. The van der Waals surface area contributed by atoms with Crippen LogP contribution in [0.5, 0.6) is 11.5 Å². The van der Waals surface area contributed by atoms with E-state index in [1.807, 2.05) is 0 Å². The van der Waals surface area contributed by atoms with Gasteiger partial charge in [-0.1, -0.05) is 12.1 Å². The molecule has 33 heavy (non-hydrogen) atoms. The Morgan fingerprint density at radius 2 is 1.39 bits per heavy atom. The van der Waals surface area contributed by atoms with Crippen LogP contribution in [0, 0.1) is 0 Å². The molecule has 0 saturated carbocycles. The molecule has 170 valence electrons. The van der Waals surface area contributed by atoms with Crippen molar-refractivity contribution in [2.24, 2.45) is 10.2 Å². The van der Waals surface area contributed by atoms with Gasteiger partial charge >= 0.3 is 0 Å². The Hall–Kier alpha value is -3.78. The van der Waals surface area contributed by atoms with Crippen molar-refractivity contribution in [1.82, 2.24) is 0 Å². The van der Waals surface area contributed by atoms with Gasteiger partial charge in [-0.2, -0.15) is 21.9 Å². The van der Waals surface area contributed by atoms with Crippen molar-refractivity contribution in [3.63, 3.8) is 0 Å². The molecule has 0 fully saturated rings. The fraction of sp³-hybridized carbons (Fsp3) is 0. The van der Waals surface area contributed by atoms with Crippen molar-refractivity contribution in [2.75, 3.05) is 5.73 Å². The van der Waals surface area contributed by atoms with E-state index in [-0.39, 0.29) is 21.8 Å². The first-order valence-corrected chi connectivity index (χ1v) is 11.9. The van der Waals surface area contributed by atoms with Crippen molar-refractivity contribution in [3.8, 4) is 11.5 Å². The number of rotatable bonds is 4. The van der Waals surface area contributed by atoms with Crippen molar-refractivity contribution in [1.29, 1.82) is 0 Å². The van der Waals surface area contributed by atoms with Gasteiger partial charge in [-0.15, -0.1) is 5.11 Å². The highest BCUT2D eigenvalue weighted by atomic mass is 32.2. The number of aromatic hydroxyl groups is 2. The number of nitrogens with zero attached hydrogens (tertiary/aromatic N) is 2. The highest BCUT2D eigenvalue weighted by Gasteiger charge is 2.22. The van der Waals surface area contributed by atoms with Crippen molar-refractivity contribution < 1.29 is 36.2 Å². The molecule has 0 unspecified atom stereocenters. The molecular formula is C20H15N3O8S2. The molecule has 4 aromatic rings. The second-order valence-electron chi connectivity index (χ2n) is 7.05. The lowest BCUT2D eigenvalue weighted by Gasteiger charge is -2.09. The number of hydrogen-bond acceptors (Lipinski definition) is 9. The Morgan fingerprint density at radius 1 is 0.727 bits per heavy atom. The Labute approximate surface area is 186 Å². The maximum absolute atomic E-state index is 11.9. The predicted octanol–water partition coefficient (Wildman–Crippen LogP) is 3.90. The molecule has 0 aliphatic heterocycles. The molecule has 0 saturated heterocycles. The van der Waals surface area contributed by atoms with Crippen LogP contribution >= 0.6 is 0 Å². The fourth-order valence-electron chi connectivity index (χ4n) is 3.27. The first-order valence-electron chi connectivity index (χ1n) is 9.03. The lowest BCUT2D eigenvalue weighted by molar-refractivity contribution is 0.470. The van der Waals surface area contributed by atoms with Crippen LogP contribution in [0.2, 0.25) is 0 Å². The molecule has 0 bridgehead atoms. The molecule has 0 heterocycles. The predicted molar refractivity (Wildman–Crippen MR) is 119 cm³/mol. The van der Waals surface area contributed by atoms with Crippen molar-refractivity contribution >= 4 is 58.8 Å². The van der Waals surface area contributed by atoms with Crippen LogP contribution in [0.4, 0.5) is 17.1 Å². The van der Waals surface area contributed by atoms with E-state index in [0.717, 1.165) is 18.2 Å². The standard InChI is InChI=1S/C20H15N3O8S2/c21-12-3-1-11-6-18(33(29,30)31)19(20(25)16(11)7-12)23-22-13-4-2-10-5-14(32(26,27)28)9-17(24)15(10)8-13/h1-9,24-25H,21H2,(H,26,27,28)(H,29,30,31). The maximum atomic E-state index is 11.9. The number of fused-ring (bicyclic) bond motifs is 2. The zero-order valence-corrected chi connectivity index (χ0v) is 18.0. The number of nitrogens with two attached hydrogens (primary N) is 1. The minimum atomic E-state index is -4.79. The van der Waals surface area contributed by atoms with Crippen LogP contribution in [0.1, 0.15) is 0 Å². The summed E-state index contributed by atoms with van der Waals surface area (Å²) >= 11 is 0. The first kappa shape index (κ1) is 22.4. The molecule has 0 radical (unpaired) electrons. The number of phenols is 2. The topological polar surface area (TPSA) is 200 Å². The number of azo groups is 1. The van der Waals surface area contributed by atoms with Gasteiger partial charge in [0.25, 0.3) is 20.2 Å². The van der Waals surface area contributed by atoms with Crippen LogP contribution < -0.4 is 5.73 Å². The van der Waals surface area contributed by atoms with E-state index in [1.54, 1.807) is 0 Å². The highest BCUT2D eigenvalue weighted by Crippen LogP contribution is 2.42. The number of anilines is 1. The maximum Gasteiger partial charge on any atom is 0.296 e. The summed E-state index contributed by atoms with van der Waals surface area (Å²) in [7, 11) is -9.32. The van der Waals surface area contributed by atoms with Crippen LogP contribution in [-0.4, -0.2) is 36.2 Å². The van der Waals surface area contributed by atoms with Gasteiger partial charge in [0.2, 0.25) is 0 Å². The van der Waals surface area contributed by atoms with Crippen LogP contribution in [0.25, 0.3) is 21.5 Å². The fourth-order valence-corrected chi connectivity index (χ4v) is 4.46. The van der Waals surface area contributed by atoms with E-state index in [9.17, 15) is 36.2 Å². The second kappa shape index (κ2) is 7.67. The molecule has 4 aromatic carbocycles. The molecule has 13 heteroatoms. The molecule has 11 nitrogen and oxygen atoms in total. The third kappa shape index (κ3) is 4.29. The number of phenolic OH excluding ortho intramolecular Hbond substituents is 2. The Bertz CT molecular complexity index is 1700. The minimum absolute atomic E-state index is 0.103. The summed E-state index contributed by atoms with van der Waals surface area (Å²) in [6.07, 6.45) is 0. The zero-order valence-electron chi connectivity index (χ0n) is 16.4. The molecular weight excluding hydrogens is 474 g/mol. The number of hydrogen-bond donors (Lipinski definition) is 5. The summed E-state index contributed by atoms with van der Waals surface area (Å²) < 4.78 is 65.2. The Kier molecular flexibility index (Phi) is 5.21. The third-order valence-corrected chi connectivity index (χ3v) is 6.51. The molecule has 4 rings (SSSR count). The Balaban J connectivity index is 1.87. The van der Waals surface area contributed by atoms with E-state index < -0.39 is 47.2 Å². The van der Waals surface area contributed by atoms with Crippen molar-refractivity contribution in [3.05, 3.63) is 54.6 Å². The average Bonchev–Trinajstić information content (AvgIpc) is 2.72. The van der Waals surface area contributed by atoms with Gasteiger partial charge in [-0.05, 0) is 47.2 Å². The van der Waals surface area contributed by atoms with Gasteiger partial charge in [0.1, 0.15) is 16.3 Å². The molecule has 0 aliphatic rings. The molecule has 0 amide bonds. The van der Waals surface area contributed by atoms with Gasteiger partial charge in [0.05, 0.1) is 10.6 Å². The molecule has 0 spiro atoms. The average molecular weight is 489 g/mol. The van der Waals surface area contributed by atoms with E-state index in [4.69, 9.17) is 5.73 Å². The van der Waals surface area contributed by atoms with E-state index in [2.05, 4.69) is 10.2 Å². The molecule has 0 atom stereocenters. The highest BCUT2D eigenvalue weighted by molar-refractivity contribution is 7.86. The lowest BCUT2D eigenvalue weighted by Crippen LogP contribution is -1.99. The van der Waals surface area contributed by atoms with Gasteiger partial charge in [0.15, 0.2) is 5.75 Å². The first-order chi connectivity index (χ1) is 15.3. The largest absolute Gasteiger partial charge is 0.507 e. The molecule has 6 N–H and O–H groups in total. The van der Waals surface area contributed by atoms with Gasteiger partial charge < -0.3 is 15.9 Å². The quantitative estimate of drug-likeness (QED) is 0.160. The van der Waals surface area contributed by atoms with Crippen LogP contribution in [-0.2, 0) is 20.2 Å². The smallest absolute Gasteiger partial charge is 0.296 e. The van der Waals surface area contributed by atoms with Crippen LogP contribution in [0.15, 0.2) is 74.6 Å². The van der Waals surface area contributed by atoms with E-state index in [0.29, 0.717) is 11.1 Å². The zero-order chi connectivity index (χ0) is 24.1. The van der Waals surface area contributed by atoms with Gasteiger partial charge in [-0.3, -0.25) is 9.11 Å². The van der Waals surface area contributed by atoms with Crippen molar-refractivity contribution in [2.45, 2.75) is 9.79 Å².